The Morgan fingerprint density at radius 1 is 1.04 bits per heavy atom. The summed E-state index contributed by atoms with van der Waals surface area (Å²) in [6.07, 6.45) is 3.66. The zero-order valence-corrected chi connectivity index (χ0v) is 15.3. The van der Waals surface area contributed by atoms with Crippen molar-refractivity contribution in [1.29, 1.82) is 0 Å². The van der Waals surface area contributed by atoms with E-state index in [1.165, 1.54) is 17.3 Å². The summed E-state index contributed by atoms with van der Waals surface area (Å²) in [5.74, 6) is 0.870. The maximum Gasteiger partial charge on any atom is 0.145 e. The third-order valence-electron chi connectivity index (χ3n) is 5.72. The third-order valence-corrected chi connectivity index (χ3v) is 5.72. The minimum absolute atomic E-state index is 0.212. The lowest BCUT2D eigenvalue weighted by Gasteiger charge is -2.36. The smallest absolute Gasteiger partial charge is 0.145 e. The van der Waals surface area contributed by atoms with Crippen molar-refractivity contribution in [2.75, 3.05) is 44.2 Å². The van der Waals surface area contributed by atoms with Gasteiger partial charge in [0, 0.05) is 44.5 Å². The van der Waals surface area contributed by atoms with E-state index in [0.29, 0.717) is 0 Å². The highest BCUT2D eigenvalue weighted by Gasteiger charge is 2.23. The van der Waals surface area contributed by atoms with Crippen LogP contribution >= 0.6 is 0 Å². The van der Waals surface area contributed by atoms with Crippen LogP contribution in [-0.4, -0.2) is 44.2 Å². The summed E-state index contributed by atoms with van der Waals surface area (Å²) in [6, 6.07) is 11.2. The van der Waals surface area contributed by atoms with Crippen LogP contribution in [0.5, 0.6) is 5.75 Å². The van der Waals surface area contributed by atoms with E-state index >= 15 is 0 Å². The van der Waals surface area contributed by atoms with Crippen molar-refractivity contribution in [2.24, 2.45) is 0 Å². The Labute approximate surface area is 158 Å². The van der Waals surface area contributed by atoms with Crippen molar-refractivity contribution in [1.82, 2.24) is 4.90 Å². The van der Waals surface area contributed by atoms with E-state index in [4.69, 9.17) is 9.15 Å². The Morgan fingerprint density at radius 3 is 2.81 bits per heavy atom. The van der Waals surface area contributed by atoms with Gasteiger partial charge in [0.1, 0.15) is 17.1 Å². The lowest BCUT2D eigenvalue weighted by atomic mass is 10.1. The molecule has 2 aliphatic rings. The first-order valence-corrected chi connectivity index (χ1v) is 9.65. The summed E-state index contributed by atoms with van der Waals surface area (Å²) in [4.78, 5) is 4.90. The predicted octanol–water partition coefficient (Wildman–Crippen LogP) is 3.87. The van der Waals surface area contributed by atoms with Gasteiger partial charge in [0.05, 0.1) is 18.6 Å². The fourth-order valence-electron chi connectivity index (χ4n) is 4.19. The van der Waals surface area contributed by atoms with E-state index < -0.39 is 0 Å². The van der Waals surface area contributed by atoms with Gasteiger partial charge < -0.3 is 14.1 Å². The molecular weight excluding hydrogens is 343 g/mol. The number of furan rings is 1. The summed E-state index contributed by atoms with van der Waals surface area (Å²) in [5.41, 5.74) is 4.41. The van der Waals surface area contributed by atoms with Crippen LogP contribution in [0.15, 0.2) is 47.1 Å². The fourth-order valence-corrected chi connectivity index (χ4v) is 4.19. The minimum atomic E-state index is -0.212. The molecule has 4 nitrogen and oxygen atoms in total. The molecule has 5 rings (SSSR count). The van der Waals surface area contributed by atoms with E-state index in [0.717, 1.165) is 74.5 Å². The lowest BCUT2D eigenvalue weighted by Crippen LogP contribution is -2.47. The number of fused-ring (bicyclic) bond motifs is 2. The molecule has 3 heterocycles. The molecule has 0 saturated carbocycles. The Hall–Kier alpha value is -2.53. The molecule has 2 aromatic carbocycles. The Morgan fingerprint density at radius 2 is 1.93 bits per heavy atom. The molecule has 0 N–H and O–H groups in total. The SMILES string of the molecule is Fc1ccc2occ(CCN3CCN(c4cccc5c4OCC5)CC3)c2c1. The number of ether oxygens (including phenoxy) is 1. The molecule has 0 aliphatic carbocycles. The second-order valence-corrected chi connectivity index (χ2v) is 7.34. The molecule has 27 heavy (non-hydrogen) atoms. The zero-order valence-electron chi connectivity index (χ0n) is 15.3. The quantitative estimate of drug-likeness (QED) is 0.701. The van der Waals surface area contributed by atoms with Gasteiger partial charge in [0.15, 0.2) is 0 Å². The van der Waals surface area contributed by atoms with Crippen LogP contribution in [0.1, 0.15) is 11.1 Å². The molecule has 5 heteroatoms. The number of hydrogen-bond donors (Lipinski definition) is 0. The average Bonchev–Trinajstić information content (AvgIpc) is 3.33. The monoisotopic (exact) mass is 366 g/mol. The highest BCUT2D eigenvalue weighted by atomic mass is 19.1. The molecule has 1 saturated heterocycles. The third kappa shape index (κ3) is 3.16. The van der Waals surface area contributed by atoms with E-state index in [1.54, 1.807) is 18.4 Å². The summed E-state index contributed by atoms with van der Waals surface area (Å²) < 4.78 is 24.9. The molecule has 2 aliphatic heterocycles. The van der Waals surface area contributed by atoms with E-state index in [1.807, 2.05) is 0 Å². The van der Waals surface area contributed by atoms with Gasteiger partial charge in [-0.3, -0.25) is 4.90 Å². The van der Waals surface area contributed by atoms with E-state index in [9.17, 15) is 4.39 Å². The molecular formula is C22H23FN2O2. The van der Waals surface area contributed by atoms with Crippen LogP contribution in [0, 0.1) is 5.82 Å². The number of benzene rings is 2. The number of nitrogens with zero attached hydrogens (tertiary/aromatic N) is 2. The van der Waals surface area contributed by atoms with Crippen LogP contribution in [0.2, 0.25) is 0 Å². The molecule has 0 spiro atoms. The first-order valence-electron chi connectivity index (χ1n) is 9.65. The van der Waals surface area contributed by atoms with Crippen molar-refractivity contribution < 1.29 is 13.5 Å². The Kier molecular flexibility index (Phi) is 4.24. The van der Waals surface area contributed by atoms with Crippen molar-refractivity contribution in [3.05, 3.63) is 59.6 Å². The highest BCUT2D eigenvalue weighted by Crippen LogP contribution is 2.36. The van der Waals surface area contributed by atoms with Crippen molar-refractivity contribution in [3.8, 4) is 5.75 Å². The first kappa shape index (κ1) is 16.6. The number of para-hydroxylation sites is 1. The highest BCUT2D eigenvalue weighted by molar-refractivity contribution is 5.81. The number of piperazine rings is 1. The van der Waals surface area contributed by atoms with E-state index in [2.05, 4.69) is 28.0 Å². The summed E-state index contributed by atoms with van der Waals surface area (Å²) in [5, 5.41) is 0.894. The fraction of sp³-hybridized carbons (Fsp3) is 0.364. The number of hydrogen-bond acceptors (Lipinski definition) is 4. The summed E-state index contributed by atoms with van der Waals surface area (Å²) in [6.45, 7) is 5.80. The normalized spacial score (nSPS) is 17.3. The van der Waals surface area contributed by atoms with Gasteiger partial charge in [-0.25, -0.2) is 4.39 Å². The molecule has 0 atom stereocenters. The Balaban J connectivity index is 1.21. The van der Waals surface area contributed by atoms with Gasteiger partial charge in [-0.05, 0) is 41.8 Å². The van der Waals surface area contributed by atoms with Crippen molar-refractivity contribution >= 4 is 16.7 Å². The first-order chi connectivity index (χ1) is 13.3. The van der Waals surface area contributed by atoms with Crippen LogP contribution in [0.4, 0.5) is 10.1 Å². The summed E-state index contributed by atoms with van der Waals surface area (Å²) >= 11 is 0. The lowest BCUT2D eigenvalue weighted by molar-refractivity contribution is 0.260. The number of rotatable bonds is 4. The predicted molar refractivity (Wildman–Crippen MR) is 104 cm³/mol. The Bertz CT molecular complexity index is 960. The maximum atomic E-state index is 13.5. The summed E-state index contributed by atoms with van der Waals surface area (Å²) in [7, 11) is 0. The van der Waals surface area contributed by atoms with Gasteiger partial charge in [0.2, 0.25) is 0 Å². The van der Waals surface area contributed by atoms with Crippen LogP contribution in [0.25, 0.3) is 11.0 Å². The number of halogens is 1. The molecule has 3 aromatic rings. The molecule has 0 bridgehead atoms. The molecule has 0 unspecified atom stereocenters. The average molecular weight is 366 g/mol. The van der Waals surface area contributed by atoms with Crippen LogP contribution < -0.4 is 9.64 Å². The van der Waals surface area contributed by atoms with Gasteiger partial charge >= 0.3 is 0 Å². The molecule has 0 amide bonds. The molecule has 1 aromatic heterocycles. The van der Waals surface area contributed by atoms with Gasteiger partial charge in [0.25, 0.3) is 0 Å². The second kappa shape index (κ2) is 6.89. The van der Waals surface area contributed by atoms with Crippen LogP contribution in [-0.2, 0) is 12.8 Å². The second-order valence-electron chi connectivity index (χ2n) is 7.34. The number of anilines is 1. The standard InChI is InChI=1S/C22H23FN2O2/c23-18-4-5-21-19(14-18)17(15-27-21)6-8-24-9-11-25(12-10-24)20-3-1-2-16-7-13-26-22(16)20/h1-5,14-15H,6-13H2. The molecule has 140 valence electrons. The zero-order chi connectivity index (χ0) is 18.2. The topological polar surface area (TPSA) is 28.9 Å². The van der Waals surface area contributed by atoms with Gasteiger partial charge in [-0.2, -0.15) is 0 Å². The maximum absolute atomic E-state index is 13.5. The molecule has 1 fully saturated rings. The minimum Gasteiger partial charge on any atom is -0.491 e. The largest absolute Gasteiger partial charge is 0.491 e. The van der Waals surface area contributed by atoms with E-state index in [-0.39, 0.29) is 5.82 Å². The van der Waals surface area contributed by atoms with Crippen molar-refractivity contribution in [2.45, 2.75) is 12.8 Å². The van der Waals surface area contributed by atoms with Gasteiger partial charge in [-0.1, -0.05) is 12.1 Å². The molecule has 0 radical (unpaired) electrons. The van der Waals surface area contributed by atoms with Crippen LogP contribution in [0.3, 0.4) is 0 Å². The van der Waals surface area contributed by atoms with Gasteiger partial charge in [-0.15, -0.1) is 0 Å². The van der Waals surface area contributed by atoms with Crippen molar-refractivity contribution in [3.63, 3.8) is 0 Å².